The molecule has 0 saturated heterocycles. The smallest absolute Gasteiger partial charge is 0.341 e. The fraction of sp³-hybridized carbons (Fsp3) is 0.281. The summed E-state index contributed by atoms with van der Waals surface area (Å²) in [5, 5.41) is 18.0. The molecule has 0 aliphatic carbocycles. The maximum atomic E-state index is 12.7. The molecular weight excluding hydrogens is 522 g/mol. The van der Waals surface area contributed by atoms with E-state index in [9.17, 15) is 9.59 Å². The van der Waals surface area contributed by atoms with E-state index in [2.05, 4.69) is 41.8 Å². The van der Waals surface area contributed by atoms with Crippen molar-refractivity contribution in [1.82, 2.24) is 15.6 Å². The summed E-state index contributed by atoms with van der Waals surface area (Å²) >= 11 is 1.57. The molecule has 3 aromatic carbocycles. The monoisotopic (exact) mass is 557 g/mol. The van der Waals surface area contributed by atoms with Crippen LogP contribution >= 0.6 is 11.3 Å². The molecule has 1 aromatic heterocycles. The molecule has 4 aromatic rings. The molecule has 7 nitrogen and oxygen atoms in total. The maximum absolute atomic E-state index is 12.7. The Kier molecular flexibility index (Phi) is 10.8. The number of unbranched alkanes of at least 4 members (excludes halogenated alkanes) is 2. The van der Waals surface area contributed by atoms with E-state index in [0.29, 0.717) is 30.9 Å². The number of hydrogen-bond acceptors (Lipinski definition) is 6. The highest BCUT2D eigenvalue weighted by molar-refractivity contribution is 7.13. The van der Waals surface area contributed by atoms with Gasteiger partial charge in [-0.25, -0.2) is 9.78 Å². The molecule has 0 aliphatic heterocycles. The van der Waals surface area contributed by atoms with Crippen molar-refractivity contribution < 1.29 is 19.4 Å². The number of amides is 1. The number of thiazole rings is 1. The molecular formula is C32H35N3O4S. The van der Waals surface area contributed by atoms with Gasteiger partial charge in [0.15, 0.2) is 6.61 Å². The SMILES string of the molecule is CCCCCc1ccc(CNC(=O)c2ccc(-c3nc(CNCc4ccc(OCC(=O)O)cc4)cs3)cc2)cc1. The molecule has 0 unspecified atom stereocenters. The topological polar surface area (TPSA) is 101 Å². The highest BCUT2D eigenvalue weighted by Crippen LogP contribution is 2.24. The van der Waals surface area contributed by atoms with Crippen LogP contribution in [0.15, 0.2) is 78.2 Å². The van der Waals surface area contributed by atoms with Crippen LogP contribution in [0.5, 0.6) is 5.75 Å². The summed E-state index contributed by atoms with van der Waals surface area (Å²) in [4.78, 5) is 28.0. The summed E-state index contributed by atoms with van der Waals surface area (Å²) in [7, 11) is 0. The van der Waals surface area contributed by atoms with Crippen molar-refractivity contribution in [1.29, 1.82) is 0 Å². The molecule has 1 heterocycles. The van der Waals surface area contributed by atoms with Crippen LogP contribution in [-0.2, 0) is 30.8 Å². The molecule has 0 fully saturated rings. The van der Waals surface area contributed by atoms with Gasteiger partial charge >= 0.3 is 5.97 Å². The number of benzene rings is 3. The minimum absolute atomic E-state index is 0.0934. The molecule has 0 spiro atoms. The minimum atomic E-state index is -1.00. The van der Waals surface area contributed by atoms with E-state index >= 15 is 0 Å². The zero-order valence-corrected chi connectivity index (χ0v) is 23.5. The third-order valence-corrected chi connectivity index (χ3v) is 7.35. The van der Waals surface area contributed by atoms with Gasteiger partial charge in [-0.1, -0.05) is 68.3 Å². The second-order valence-corrected chi connectivity index (χ2v) is 10.5. The van der Waals surface area contributed by atoms with Gasteiger partial charge in [0.25, 0.3) is 5.91 Å². The van der Waals surface area contributed by atoms with Crippen LogP contribution in [0.25, 0.3) is 10.6 Å². The number of aliphatic carboxylic acids is 1. The molecule has 0 aliphatic rings. The lowest BCUT2D eigenvalue weighted by atomic mass is 10.1. The molecule has 1 amide bonds. The number of carboxylic acids is 1. The third-order valence-electron chi connectivity index (χ3n) is 6.41. The Bertz CT molecular complexity index is 1370. The number of carbonyl (C=O) groups excluding carboxylic acids is 1. The number of nitrogens with zero attached hydrogens (tertiary/aromatic N) is 1. The number of hydrogen-bond donors (Lipinski definition) is 3. The average molecular weight is 558 g/mol. The number of carboxylic acid groups (broad SMARTS) is 1. The van der Waals surface area contributed by atoms with E-state index in [1.54, 1.807) is 23.5 Å². The van der Waals surface area contributed by atoms with Gasteiger partial charge in [-0.05, 0) is 53.8 Å². The van der Waals surface area contributed by atoms with E-state index in [0.717, 1.165) is 33.8 Å². The first-order valence-electron chi connectivity index (χ1n) is 13.6. The van der Waals surface area contributed by atoms with Crippen molar-refractivity contribution in [2.24, 2.45) is 0 Å². The molecule has 0 radical (unpaired) electrons. The van der Waals surface area contributed by atoms with Crippen LogP contribution in [-0.4, -0.2) is 28.6 Å². The lowest BCUT2D eigenvalue weighted by Gasteiger charge is -2.07. The van der Waals surface area contributed by atoms with E-state index < -0.39 is 5.97 Å². The van der Waals surface area contributed by atoms with Gasteiger partial charge in [0.1, 0.15) is 10.8 Å². The molecule has 8 heteroatoms. The summed E-state index contributed by atoms with van der Waals surface area (Å²) in [6.07, 6.45) is 4.80. The molecule has 0 bridgehead atoms. The first kappa shape index (κ1) is 29.0. The Morgan fingerprint density at radius 3 is 2.23 bits per heavy atom. The van der Waals surface area contributed by atoms with Crippen LogP contribution in [0.2, 0.25) is 0 Å². The van der Waals surface area contributed by atoms with E-state index in [-0.39, 0.29) is 12.5 Å². The first-order chi connectivity index (χ1) is 19.5. The van der Waals surface area contributed by atoms with Crippen molar-refractivity contribution in [2.75, 3.05) is 6.61 Å². The Labute approximate surface area is 239 Å². The second kappa shape index (κ2) is 15.0. The standard InChI is InChI=1S/C32H35N3O4S/c1-2-3-4-5-23-6-8-25(9-7-23)19-34-31(38)26-12-14-27(15-13-26)32-35-28(22-40-32)20-33-18-24-10-16-29(17-11-24)39-21-30(36)37/h6-17,22,33H,2-5,18-21H2,1H3,(H,34,38)(H,36,37). The van der Waals surface area contributed by atoms with Gasteiger partial charge < -0.3 is 20.5 Å². The molecule has 0 saturated carbocycles. The predicted octanol–water partition coefficient (Wildman–Crippen LogP) is 6.23. The van der Waals surface area contributed by atoms with Crippen LogP contribution in [0, 0.1) is 0 Å². The van der Waals surface area contributed by atoms with E-state index in [1.165, 1.54) is 24.8 Å². The fourth-order valence-electron chi connectivity index (χ4n) is 4.16. The van der Waals surface area contributed by atoms with E-state index in [1.807, 2.05) is 41.8 Å². The number of carbonyl (C=O) groups is 2. The summed E-state index contributed by atoms with van der Waals surface area (Å²) < 4.78 is 5.16. The van der Waals surface area contributed by atoms with Crippen LogP contribution in [0.4, 0.5) is 0 Å². The third kappa shape index (κ3) is 9.03. The van der Waals surface area contributed by atoms with Gasteiger partial charge in [-0.3, -0.25) is 4.79 Å². The first-order valence-corrected chi connectivity index (χ1v) is 14.4. The minimum Gasteiger partial charge on any atom is -0.482 e. The average Bonchev–Trinajstić information content (AvgIpc) is 3.45. The van der Waals surface area contributed by atoms with Gasteiger partial charge in [-0.2, -0.15) is 0 Å². The zero-order chi connectivity index (χ0) is 28.2. The number of aromatic nitrogens is 1. The Morgan fingerprint density at radius 2 is 1.52 bits per heavy atom. The quantitative estimate of drug-likeness (QED) is 0.150. The highest BCUT2D eigenvalue weighted by atomic mass is 32.1. The highest BCUT2D eigenvalue weighted by Gasteiger charge is 2.09. The largest absolute Gasteiger partial charge is 0.482 e. The van der Waals surface area contributed by atoms with Crippen molar-refractivity contribution >= 4 is 23.2 Å². The van der Waals surface area contributed by atoms with Crippen molar-refractivity contribution in [3.05, 3.63) is 106 Å². The second-order valence-electron chi connectivity index (χ2n) is 9.61. The van der Waals surface area contributed by atoms with Gasteiger partial charge in [0.2, 0.25) is 0 Å². The van der Waals surface area contributed by atoms with Crippen LogP contribution in [0.1, 0.15) is 58.9 Å². The Hall–Kier alpha value is -4.01. The molecule has 208 valence electrons. The normalized spacial score (nSPS) is 10.8. The number of nitrogens with one attached hydrogen (secondary N) is 2. The Balaban J connectivity index is 1.21. The lowest BCUT2D eigenvalue weighted by molar-refractivity contribution is -0.139. The summed E-state index contributed by atoms with van der Waals surface area (Å²) in [5.74, 6) is -0.564. The van der Waals surface area contributed by atoms with Gasteiger partial charge in [0, 0.05) is 36.1 Å². The molecule has 4 rings (SSSR count). The molecule has 0 atom stereocenters. The summed E-state index contributed by atoms with van der Waals surface area (Å²) in [5.41, 5.74) is 6.04. The number of rotatable bonds is 15. The van der Waals surface area contributed by atoms with Gasteiger partial charge in [0.05, 0.1) is 5.69 Å². The van der Waals surface area contributed by atoms with Crippen LogP contribution < -0.4 is 15.4 Å². The van der Waals surface area contributed by atoms with Crippen molar-refractivity contribution in [3.63, 3.8) is 0 Å². The number of ether oxygens (including phenoxy) is 1. The van der Waals surface area contributed by atoms with Crippen molar-refractivity contribution in [3.8, 4) is 16.3 Å². The lowest BCUT2D eigenvalue weighted by Crippen LogP contribution is -2.22. The summed E-state index contributed by atoms with van der Waals surface area (Å²) in [6, 6.07) is 23.4. The zero-order valence-electron chi connectivity index (χ0n) is 22.7. The van der Waals surface area contributed by atoms with E-state index in [4.69, 9.17) is 14.8 Å². The van der Waals surface area contributed by atoms with Crippen LogP contribution in [0.3, 0.4) is 0 Å². The number of aryl methyl sites for hydroxylation is 1. The molecule has 3 N–H and O–H groups in total. The van der Waals surface area contributed by atoms with Gasteiger partial charge in [-0.15, -0.1) is 11.3 Å². The predicted molar refractivity (Wildman–Crippen MR) is 159 cm³/mol. The maximum Gasteiger partial charge on any atom is 0.341 e. The summed E-state index contributed by atoms with van der Waals surface area (Å²) in [6.45, 7) is 3.63. The fourth-order valence-corrected chi connectivity index (χ4v) is 4.98. The molecule has 40 heavy (non-hydrogen) atoms. The Morgan fingerprint density at radius 1 is 0.850 bits per heavy atom. The van der Waals surface area contributed by atoms with Crippen molar-refractivity contribution in [2.45, 2.75) is 52.2 Å².